The predicted octanol–water partition coefficient (Wildman–Crippen LogP) is 2.38. The van der Waals surface area contributed by atoms with E-state index in [2.05, 4.69) is 5.32 Å². The van der Waals surface area contributed by atoms with E-state index in [-0.39, 0.29) is 19.1 Å². The topological polar surface area (TPSA) is 58.6 Å². The average molecular weight is 289 g/mol. The zero-order valence-corrected chi connectivity index (χ0v) is 11.4. The number of amides is 1. The molecule has 2 N–H and O–H groups in total. The van der Waals surface area contributed by atoms with Crippen molar-refractivity contribution in [1.82, 2.24) is 0 Å². The van der Waals surface area contributed by atoms with Gasteiger partial charge < -0.3 is 15.2 Å². The van der Waals surface area contributed by atoms with Gasteiger partial charge in [-0.1, -0.05) is 18.2 Å². The maximum atomic E-state index is 13.0. The van der Waals surface area contributed by atoms with E-state index in [0.29, 0.717) is 17.9 Å². The third kappa shape index (κ3) is 4.89. The van der Waals surface area contributed by atoms with Gasteiger partial charge in [0.25, 0.3) is 5.91 Å². The molecule has 0 saturated heterocycles. The second kappa shape index (κ2) is 7.40. The molecular formula is C16H16FNO3. The summed E-state index contributed by atoms with van der Waals surface area (Å²) in [6, 6.07) is 12.8. The molecular weight excluding hydrogens is 273 g/mol. The number of ether oxygens (including phenoxy) is 1. The SMILES string of the molecule is O=C(COc1ccc(CCO)cc1)Nc1cccc(F)c1. The zero-order chi connectivity index (χ0) is 15.1. The molecule has 2 aromatic carbocycles. The molecule has 0 aromatic heterocycles. The van der Waals surface area contributed by atoms with Crippen molar-refractivity contribution in [2.75, 3.05) is 18.5 Å². The van der Waals surface area contributed by atoms with Crippen molar-refractivity contribution in [2.45, 2.75) is 6.42 Å². The van der Waals surface area contributed by atoms with Crippen LogP contribution in [0.4, 0.5) is 10.1 Å². The molecule has 0 aliphatic carbocycles. The molecule has 1 amide bonds. The Morgan fingerprint density at radius 2 is 1.95 bits per heavy atom. The summed E-state index contributed by atoms with van der Waals surface area (Å²) in [4.78, 5) is 11.7. The number of aliphatic hydroxyl groups is 1. The Morgan fingerprint density at radius 3 is 2.62 bits per heavy atom. The van der Waals surface area contributed by atoms with Gasteiger partial charge in [0.05, 0.1) is 0 Å². The van der Waals surface area contributed by atoms with Crippen LogP contribution >= 0.6 is 0 Å². The van der Waals surface area contributed by atoms with Gasteiger partial charge in [-0.2, -0.15) is 0 Å². The molecule has 0 unspecified atom stereocenters. The summed E-state index contributed by atoms with van der Waals surface area (Å²) >= 11 is 0. The van der Waals surface area contributed by atoms with E-state index < -0.39 is 5.82 Å². The fraction of sp³-hybridized carbons (Fsp3) is 0.188. The van der Waals surface area contributed by atoms with Crippen LogP contribution in [0.3, 0.4) is 0 Å². The Bertz CT molecular complexity index is 599. The van der Waals surface area contributed by atoms with Crippen LogP contribution in [0.15, 0.2) is 48.5 Å². The average Bonchev–Trinajstić information content (AvgIpc) is 2.47. The quantitative estimate of drug-likeness (QED) is 0.858. The minimum absolute atomic E-state index is 0.0935. The molecule has 110 valence electrons. The van der Waals surface area contributed by atoms with E-state index in [1.165, 1.54) is 18.2 Å². The van der Waals surface area contributed by atoms with Crippen molar-refractivity contribution in [1.29, 1.82) is 0 Å². The van der Waals surface area contributed by atoms with Crippen LogP contribution in [-0.2, 0) is 11.2 Å². The minimum Gasteiger partial charge on any atom is -0.484 e. The summed E-state index contributed by atoms with van der Waals surface area (Å²) in [5.74, 6) is -0.209. The van der Waals surface area contributed by atoms with Gasteiger partial charge in [-0.05, 0) is 42.3 Å². The maximum absolute atomic E-state index is 13.0. The number of rotatable bonds is 6. The molecule has 2 rings (SSSR count). The molecule has 0 aliphatic rings. The monoisotopic (exact) mass is 289 g/mol. The molecule has 4 nitrogen and oxygen atoms in total. The highest BCUT2D eigenvalue weighted by Gasteiger charge is 2.04. The fourth-order valence-corrected chi connectivity index (χ4v) is 1.79. The largest absolute Gasteiger partial charge is 0.484 e. The Hall–Kier alpha value is -2.40. The summed E-state index contributed by atoms with van der Waals surface area (Å²) in [6.45, 7) is -0.0634. The number of anilines is 1. The molecule has 2 aromatic rings. The molecule has 21 heavy (non-hydrogen) atoms. The van der Waals surface area contributed by atoms with Gasteiger partial charge in [0.1, 0.15) is 11.6 Å². The van der Waals surface area contributed by atoms with Crippen LogP contribution in [-0.4, -0.2) is 24.2 Å². The lowest BCUT2D eigenvalue weighted by Crippen LogP contribution is -2.20. The van der Waals surface area contributed by atoms with Crippen molar-refractivity contribution in [3.8, 4) is 5.75 Å². The first kappa shape index (κ1) is 15.0. The van der Waals surface area contributed by atoms with Crippen molar-refractivity contribution in [3.05, 3.63) is 59.9 Å². The number of carbonyl (C=O) groups excluding carboxylic acids is 1. The summed E-state index contributed by atoms with van der Waals surface area (Å²) in [5.41, 5.74) is 1.39. The molecule has 0 saturated carbocycles. The second-order valence-corrected chi connectivity index (χ2v) is 4.46. The fourth-order valence-electron chi connectivity index (χ4n) is 1.79. The molecule has 0 radical (unpaired) electrons. The highest BCUT2D eigenvalue weighted by Crippen LogP contribution is 2.13. The summed E-state index contributed by atoms with van der Waals surface area (Å²) in [7, 11) is 0. The van der Waals surface area contributed by atoms with E-state index >= 15 is 0 Å². The van der Waals surface area contributed by atoms with Crippen LogP contribution < -0.4 is 10.1 Å². The van der Waals surface area contributed by atoms with Crippen LogP contribution in [0, 0.1) is 5.82 Å². The Kier molecular flexibility index (Phi) is 5.29. The zero-order valence-electron chi connectivity index (χ0n) is 11.4. The normalized spacial score (nSPS) is 10.2. The smallest absolute Gasteiger partial charge is 0.262 e. The Morgan fingerprint density at radius 1 is 1.19 bits per heavy atom. The predicted molar refractivity (Wildman–Crippen MR) is 77.8 cm³/mol. The van der Waals surface area contributed by atoms with E-state index in [1.807, 2.05) is 12.1 Å². The number of carbonyl (C=O) groups is 1. The Labute approximate surface area is 122 Å². The number of halogens is 1. The minimum atomic E-state index is -0.409. The lowest BCUT2D eigenvalue weighted by atomic mass is 10.1. The summed E-state index contributed by atoms with van der Waals surface area (Å²) < 4.78 is 18.3. The van der Waals surface area contributed by atoms with Gasteiger partial charge in [-0.25, -0.2) is 4.39 Å². The molecule has 0 heterocycles. The third-order valence-corrected chi connectivity index (χ3v) is 2.80. The summed E-state index contributed by atoms with van der Waals surface area (Å²) in [6.07, 6.45) is 0.584. The number of aliphatic hydroxyl groups excluding tert-OH is 1. The lowest BCUT2D eigenvalue weighted by Gasteiger charge is -2.08. The third-order valence-electron chi connectivity index (χ3n) is 2.80. The number of benzene rings is 2. The number of hydrogen-bond donors (Lipinski definition) is 2. The van der Waals surface area contributed by atoms with Crippen molar-refractivity contribution in [3.63, 3.8) is 0 Å². The summed E-state index contributed by atoms with van der Waals surface area (Å²) in [5, 5.41) is 11.4. The molecule has 5 heteroatoms. The molecule has 0 atom stereocenters. The maximum Gasteiger partial charge on any atom is 0.262 e. The van der Waals surface area contributed by atoms with Crippen molar-refractivity contribution in [2.24, 2.45) is 0 Å². The van der Waals surface area contributed by atoms with Gasteiger partial charge in [0.2, 0.25) is 0 Å². The first-order valence-electron chi connectivity index (χ1n) is 6.55. The first-order valence-corrected chi connectivity index (χ1v) is 6.55. The van der Waals surface area contributed by atoms with Gasteiger partial charge >= 0.3 is 0 Å². The van der Waals surface area contributed by atoms with Crippen LogP contribution in [0.2, 0.25) is 0 Å². The van der Waals surface area contributed by atoms with E-state index in [1.54, 1.807) is 18.2 Å². The number of nitrogens with one attached hydrogen (secondary N) is 1. The van der Waals surface area contributed by atoms with Gasteiger partial charge in [0.15, 0.2) is 6.61 Å². The van der Waals surface area contributed by atoms with Gasteiger partial charge in [-0.15, -0.1) is 0 Å². The van der Waals surface area contributed by atoms with Crippen LogP contribution in [0.1, 0.15) is 5.56 Å². The molecule has 0 spiro atoms. The van der Waals surface area contributed by atoms with E-state index in [9.17, 15) is 9.18 Å². The van der Waals surface area contributed by atoms with Gasteiger partial charge in [-0.3, -0.25) is 4.79 Å². The standard InChI is InChI=1S/C16H16FNO3/c17-13-2-1-3-14(10-13)18-16(20)11-21-15-6-4-12(5-7-15)8-9-19/h1-7,10,19H,8-9,11H2,(H,18,20). The first-order chi connectivity index (χ1) is 10.2. The number of hydrogen-bond acceptors (Lipinski definition) is 3. The Balaban J connectivity index is 1.83. The lowest BCUT2D eigenvalue weighted by molar-refractivity contribution is -0.118. The van der Waals surface area contributed by atoms with Crippen molar-refractivity contribution >= 4 is 11.6 Å². The molecule has 0 fully saturated rings. The van der Waals surface area contributed by atoms with Crippen LogP contribution in [0.5, 0.6) is 5.75 Å². The van der Waals surface area contributed by atoms with Crippen molar-refractivity contribution < 1.29 is 19.0 Å². The molecule has 0 aliphatic heterocycles. The highest BCUT2D eigenvalue weighted by molar-refractivity contribution is 5.91. The van der Waals surface area contributed by atoms with Crippen LogP contribution in [0.25, 0.3) is 0 Å². The van der Waals surface area contributed by atoms with E-state index in [0.717, 1.165) is 5.56 Å². The highest BCUT2D eigenvalue weighted by atomic mass is 19.1. The van der Waals surface area contributed by atoms with E-state index in [4.69, 9.17) is 9.84 Å². The molecule has 0 bridgehead atoms. The van der Waals surface area contributed by atoms with Gasteiger partial charge in [0, 0.05) is 12.3 Å². The second-order valence-electron chi connectivity index (χ2n) is 4.46.